The minimum atomic E-state index is 0.535. The van der Waals surface area contributed by atoms with E-state index in [1.54, 1.807) is 0 Å². The maximum atomic E-state index is 4.98. The molecule has 0 fully saturated rings. The molecule has 0 unspecified atom stereocenters. The van der Waals surface area contributed by atoms with Crippen LogP contribution >= 0.6 is 0 Å². The smallest absolute Gasteiger partial charge is 0.228 e. The molecule has 1 aliphatic carbocycles. The molecule has 1 N–H and O–H groups in total. The molecule has 0 saturated carbocycles. The summed E-state index contributed by atoms with van der Waals surface area (Å²) in [6.45, 7) is 7.06. The molecule has 0 radical (unpaired) electrons. The third kappa shape index (κ3) is 5.27. The Morgan fingerprint density at radius 2 is 1.75 bits per heavy atom. The minimum Gasteiger partial charge on any atom is -0.308 e. The first-order valence-electron chi connectivity index (χ1n) is 13.8. The number of anilines is 2. The minimum absolute atomic E-state index is 0.535. The van der Waals surface area contributed by atoms with Crippen LogP contribution in [-0.4, -0.2) is 64.8 Å². The largest absolute Gasteiger partial charge is 0.308 e. The number of aryl methyl sites for hydroxylation is 3. The van der Waals surface area contributed by atoms with Crippen molar-refractivity contribution in [3.05, 3.63) is 66.4 Å². The van der Waals surface area contributed by atoms with Gasteiger partial charge in [0.25, 0.3) is 0 Å². The molecule has 0 saturated heterocycles. The first-order valence-corrected chi connectivity index (χ1v) is 13.8. The summed E-state index contributed by atoms with van der Waals surface area (Å²) in [6, 6.07) is 10.6. The van der Waals surface area contributed by atoms with Crippen LogP contribution < -0.4 is 5.32 Å². The maximum Gasteiger partial charge on any atom is 0.228 e. The molecule has 40 heavy (non-hydrogen) atoms. The molecule has 1 aromatic carbocycles. The fourth-order valence-corrected chi connectivity index (χ4v) is 5.23. The number of hydrogen-bond donors (Lipinski definition) is 1. The van der Waals surface area contributed by atoms with Gasteiger partial charge in [-0.2, -0.15) is 15.3 Å². The number of rotatable bonds is 9. The molecule has 0 bridgehead atoms. The summed E-state index contributed by atoms with van der Waals surface area (Å²) >= 11 is 0. The van der Waals surface area contributed by atoms with Gasteiger partial charge in [-0.25, -0.2) is 9.97 Å². The molecule has 0 amide bonds. The van der Waals surface area contributed by atoms with Crippen molar-refractivity contribution in [1.82, 2.24) is 44.2 Å². The van der Waals surface area contributed by atoms with Gasteiger partial charge in [0, 0.05) is 61.5 Å². The predicted molar refractivity (Wildman–Crippen MR) is 157 cm³/mol. The van der Waals surface area contributed by atoms with Crippen LogP contribution in [-0.2, 0) is 33.0 Å². The van der Waals surface area contributed by atoms with Crippen molar-refractivity contribution in [2.75, 3.05) is 26.0 Å². The average molecular weight is 537 g/mol. The van der Waals surface area contributed by atoms with E-state index in [1.807, 2.05) is 45.7 Å². The Labute approximate surface area is 234 Å². The Balaban J connectivity index is 1.28. The van der Waals surface area contributed by atoms with Crippen molar-refractivity contribution in [3.63, 3.8) is 0 Å². The highest BCUT2D eigenvalue weighted by atomic mass is 15.3. The lowest BCUT2D eigenvalue weighted by atomic mass is 9.91. The van der Waals surface area contributed by atoms with Gasteiger partial charge in [0.2, 0.25) is 5.95 Å². The van der Waals surface area contributed by atoms with Gasteiger partial charge in [-0.1, -0.05) is 38.1 Å². The van der Waals surface area contributed by atoms with Crippen molar-refractivity contribution >= 4 is 11.8 Å². The monoisotopic (exact) mass is 536 g/mol. The Morgan fingerprint density at radius 1 is 0.950 bits per heavy atom. The lowest BCUT2D eigenvalue weighted by molar-refractivity contribution is 0.373. The van der Waals surface area contributed by atoms with Gasteiger partial charge in [0.15, 0.2) is 5.82 Å². The van der Waals surface area contributed by atoms with Crippen LogP contribution in [0.2, 0.25) is 0 Å². The van der Waals surface area contributed by atoms with Crippen LogP contribution in [0.25, 0.3) is 33.6 Å². The molecular formula is C30H36N10. The standard InChI is InChI=1S/C30H36N10/c1-20(2)18-40-19-24(17-32-40)21-6-8-22(9-7-21)29-27-25(35-38(29)5)11-10-23-16-31-30(34-28(23)27)33-26-12-13-39(36-26)15-14-37(3)4/h6-9,12-13,16-17,19-20H,10-11,14-15,18H2,1-5H3,(H,31,33,34,36). The van der Waals surface area contributed by atoms with Gasteiger partial charge < -0.3 is 10.2 Å². The summed E-state index contributed by atoms with van der Waals surface area (Å²) in [5.41, 5.74) is 8.67. The predicted octanol–water partition coefficient (Wildman–Crippen LogP) is 4.66. The molecule has 10 nitrogen and oxygen atoms in total. The summed E-state index contributed by atoms with van der Waals surface area (Å²) in [5.74, 6) is 1.82. The summed E-state index contributed by atoms with van der Waals surface area (Å²) in [7, 11) is 6.13. The Kier molecular flexibility index (Phi) is 6.93. The highest BCUT2D eigenvalue weighted by Gasteiger charge is 2.27. The second-order valence-electron chi connectivity index (χ2n) is 11.2. The quantitative estimate of drug-likeness (QED) is 0.293. The molecule has 1 aliphatic rings. The Hall–Kier alpha value is -4.31. The molecule has 0 aliphatic heterocycles. The summed E-state index contributed by atoms with van der Waals surface area (Å²) in [4.78, 5) is 11.7. The van der Waals surface area contributed by atoms with Gasteiger partial charge in [-0.15, -0.1) is 0 Å². The molecule has 5 aromatic rings. The molecule has 0 spiro atoms. The topological polar surface area (TPSA) is 94.5 Å². The summed E-state index contributed by atoms with van der Waals surface area (Å²) < 4.78 is 5.93. The van der Waals surface area contributed by atoms with E-state index < -0.39 is 0 Å². The van der Waals surface area contributed by atoms with E-state index in [9.17, 15) is 0 Å². The van der Waals surface area contributed by atoms with Gasteiger partial charge in [0.1, 0.15) is 0 Å². The van der Waals surface area contributed by atoms with E-state index in [-0.39, 0.29) is 0 Å². The molecule has 10 heteroatoms. The first kappa shape index (κ1) is 25.9. The maximum absolute atomic E-state index is 4.98. The van der Waals surface area contributed by atoms with E-state index in [2.05, 4.69) is 83.8 Å². The van der Waals surface area contributed by atoms with Crippen molar-refractivity contribution in [2.24, 2.45) is 13.0 Å². The highest BCUT2D eigenvalue weighted by molar-refractivity contribution is 5.85. The molecule has 6 rings (SSSR count). The second-order valence-corrected chi connectivity index (χ2v) is 11.2. The van der Waals surface area contributed by atoms with E-state index in [0.29, 0.717) is 11.9 Å². The lowest BCUT2D eigenvalue weighted by Crippen LogP contribution is -2.18. The van der Waals surface area contributed by atoms with Gasteiger partial charge in [-0.3, -0.25) is 14.0 Å². The van der Waals surface area contributed by atoms with Gasteiger partial charge in [-0.05, 0) is 44.0 Å². The van der Waals surface area contributed by atoms with E-state index in [0.717, 1.165) is 83.2 Å². The van der Waals surface area contributed by atoms with Crippen molar-refractivity contribution in [1.29, 1.82) is 0 Å². The summed E-state index contributed by atoms with van der Waals surface area (Å²) in [6.07, 6.45) is 9.71. The van der Waals surface area contributed by atoms with E-state index in [4.69, 9.17) is 10.1 Å². The SMILES string of the molecule is CC(C)Cn1cc(-c2ccc(-c3c4c(nn3C)CCc3cnc(Nc5ccn(CCN(C)C)n5)nc3-4)cc2)cn1. The molecule has 4 heterocycles. The second kappa shape index (κ2) is 10.7. The zero-order valence-electron chi connectivity index (χ0n) is 23.8. The number of aromatic nitrogens is 8. The fourth-order valence-electron chi connectivity index (χ4n) is 5.23. The zero-order chi connectivity index (χ0) is 27.8. The Bertz CT molecular complexity index is 1620. The zero-order valence-corrected chi connectivity index (χ0v) is 23.8. The van der Waals surface area contributed by atoms with E-state index in [1.165, 1.54) is 0 Å². The van der Waals surface area contributed by atoms with Crippen LogP contribution in [0, 0.1) is 5.92 Å². The van der Waals surface area contributed by atoms with Crippen molar-refractivity contribution < 1.29 is 0 Å². The number of nitrogens with zero attached hydrogens (tertiary/aromatic N) is 9. The third-order valence-electron chi connectivity index (χ3n) is 7.19. The lowest BCUT2D eigenvalue weighted by Gasteiger charge is -2.17. The highest BCUT2D eigenvalue weighted by Crippen LogP contribution is 2.40. The fraction of sp³-hybridized carbons (Fsp3) is 0.367. The molecule has 0 atom stereocenters. The van der Waals surface area contributed by atoms with Crippen LogP contribution in [0.1, 0.15) is 25.1 Å². The first-order chi connectivity index (χ1) is 19.3. The molecular weight excluding hydrogens is 500 g/mol. The summed E-state index contributed by atoms with van der Waals surface area (Å²) in [5, 5.41) is 17.3. The van der Waals surface area contributed by atoms with Crippen molar-refractivity contribution in [2.45, 2.75) is 39.8 Å². The molecule has 206 valence electrons. The van der Waals surface area contributed by atoms with Crippen LogP contribution in [0.5, 0.6) is 0 Å². The number of hydrogen-bond acceptors (Lipinski definition) is 7. The van der Waals surface area contributed by atoms with Gasteiger partial charge >= 0.3 is 0 Å². The van der Waals surface area contributed by atoms with Crippen molar-refractivity contribution in [3.8, 4) is 33.6 Å². The normalized spacial score (nSPS) is 12.7. The Morgan fingerprint density at radius 3 is 2.52 bits per heavy atom. The average Bonchev–Trinajstić information content (AvgIpc) is 3.66. The number of nitrogens with one attached hydrogen (secondary N) is 1. The van der Waals surface area contributed by atoms with Crippen LogP contribution in [0.4, 0.5) is 11.8 Å². The number of fused-ring (bicyclic) bond motifs is 3. The van der Waals surface area contributed by atoms with Crippen LogP contribution in [0.3, 0.4) is 0 Å². The van der Waals surface area contributed by atoms with E-state index >= 15 is 0 Å². The molecule has 4 aromatic heterocycles. The third-order valence-corrected chi connectivity index (χ3v) is 7.19. The van der Waals surface area contributed by atoms with Crippen LogP contribution in [0.15, 0.2) is 55.1 Å². The number of likely N-dealkylation sites (N-methyl/N-ethyl adjacent to an activating group) is 1. The van der Waals surface area contributed by atoms with Gasteiger partial charge in [0.05, 0.1) is 29.8 Å². The number of benzene rings is 1.